The number of carbonyl (C=O) groups is 1. The highest BCUT2D eigenvalue weighted by molar-refractivity contribution is 5.86. The van der Waals surface area contributed by atoms with Gasteiger partial charge in [-0.3, -0.25) is 0 Å². The van der Waals surface area contributed by atoms with Crippen molar-refractivity contribution in [3.63, 3.8) is 0 Å². The van der Waals surface area contributed by atoms with Crippen molar-refractivity contribution >= 4 is 11.9 Å². The molecule has 0 aromatic carbocycles. The summed E-state index contributed by atoms with van der Waals surface area (Å²) in [6.45, 7) is 1.56. The van der Waals surface area contributed by atoms with E-state index < -0.39 is 5.97 Å². The Balaban J connectivity index is 1.71. The van der Waals surface area contributed by atoms with E-state index in [1.165, 1.54) is 31.7 Å². The van der Waals surface area contributed by atoms with E-state index in [0.717, 1.165) is 19.6 Å². The maximum atomic E-state index is 10.7. The van der Waals surface area contributed by atoms with Gasteiger partial charge in [0.2, 0.25) is 5.95 Å². The lowest BCUT2D eigenvalue weighted by Crippen LogP contribution is -2.52. The Labute approximate surface area is 111 Å². The molecule has 0 amide bonds. The second-order valence-electron chi connectivity index (χ2n) is 5.35. The van der Waals surface area contributed by atoms with Crippen LogP contribution in [0.15, 0.2) is 12.4 Å². The Kier molecular flexibility index (Phi) is 3.10. The van der Waals surface area contributed by atoms with Gasteiger partial charge in [0.05, 0.1) is 12.2 Å². The largest absolute Gasteiger partial charge is 0.478 e. The SMILES string of the molecule is O=C(O)c1cnc(NC2CCOCC23CCC3)nc1. The van der Waals surface area contributed by atoms with Crippen molar-refractivity contribution < 1.29 is 14.6 Å². The van der Waals surface area contributed by atoms with Crippen LogP contribution in [0.5, 0.6) is 0 Å². The van der Waals surface area contributed by atoms with Gasteiger partial charge in [0, 0.05) is 30.5 Å². The molecule has 1 atom stereocenters. The van der Waals surface area contributed by atoms with Crippen molar-refractivity contribution in [3.05, 3.63) is 18.0 Å². The topological polar surface area (TPSA) is 84.3 Å². The molecule has 1 aromatic heterocycles. The molecule has 1 spiro atoms. The lowest BCUT2D eigenvalue weighted by Gasteiger charge is -2.50. The molecule has 2 fully saturated rings. The van der Waals surface area contributed by atoms with E-state index in [-0.39, 0.29) is 11.0 Å². The second-order valence-corrected chi connectivity index (χ2v) is 5.35. The van der Waals surface area contributed by atoms with Crippen LogP contribution >= 0.6 is 0 Å². The Hall–Kier alpha value is -1.69. The summed E-state index contributed by atoms with van der Waals surface area (Å²) in [5.41, 5.74) is 0.337. The van der Waals surface area contributed by atoms with Gasteiger partial charge in [-0.2, -0.15) is 0 Å². The number of hydrogen-bond donors (Lipinski definition) is 2. The highest BCUT2D eigenvalue weighted by Gasteiger charge is 2.46. The first kappa shape index (κ1) is 12.3. The maximum Gasteiger partial charge on any atom is 0.338 e. The lowest BCUT2D eigenvalue weighted by atomic mass is 9.63. The summed E-state index contributed by atoms with van der Waals surface area (Å²) in [4.78, 5) is 18.9. The van der Waals surface area contributed by atoms with E-state index in [9.17, 15) is 4.79 Å². The fraction of sp³-hybridized carbons (Fsp3) is 0.615. The van der Waals surface area contributed by atoms with Crippen LogP contribution < -0.4 is 5.32 Å². The summed E-state index contributed by atoms with van der Waals surface area (Å²) >= 11 is 0. The van der Waals surface area contributed by atoms with Gasteiger partial charge in [-0.25, -0.2) is 14.8 Å². The Morgan fingerprint density at radius 1 is 1.42 bits per heavy atom. The van der Waals surface area contributed by atoms with E-state index in [4.69, 9.17) is 9.84 Å². The number of hydrogen-bond acceptors (Lipinski definition) is 5. The predicted molar refractivity (Wildman–Crippen MR) is 68.1 cm³/mol. The van der Waals surface area contributed by atoms with E-state index in [0.29, 0.717) is 12.0 Å². The van der Waals surface area contributed by atoms with Crippen LogP contribution in [0, 0.1) is 5.41 Å². The first-order valence-corrected chi connectivity index (χ1v) is 6.59. The number of anilines is 1. The second kappa shape index (κ2) is 4.77. The van der Waals surface area contributed by atoms with Gasteiger partial charge in [0.15, 0.2) is 0 Å². The summed E-state index contributed by atoms with van der Waals surface area (Å²) in [5.74, 6) is -0.503. The number of aromatic nitrogens is 2. The fourth-order valence-electron chi connectivity index (χ4n) is 2.90. The molecule has 1 aliphatic carbocycles. The molecule has 1 aromatic rings. The molecule has 19 heavy (non-hydrogen) atoms. The van der Waals surface area contributed by atoms with Gasteiger partial charge in [-0.1, -0.05) is 6.42 Å². The van der Waals surface area contributed by atoms with Crippen LogP contribution in [0.2, 0.25) is 0 Å². The molecule has 102 valence electrons. The van der Waals surface area contributed by atoms with E-state index >= 15 is 0 Å². The molecule has 1 aliphatic heterocycles. The highest BCUT2D eigenvalue weighted by atomic mass is 16.5. The van der Waals surface area contributed by atoms with Crippen LogP contribution in [0.3, 0.4) is 0 Å². The smallest absolute Gasteiger partial charge is 0.338 e. The molecule has 2 N–H and O–H groups in total. The normalized spacial score (nSPS) is 24.7. The minimum absolute atomic E-state index is 0.107. The quantitative estimate of drug-likeness (QED) is 0.860. The van der Waals surface area contributed by atoms with Gasteiger partial charge in [-0.15, -0.1) is 0 Å². The van der Waals surface area contributed by atoms with Crippen LogP contribution in [-0.2, 0) is 4.74 Å². The minimum Gasteiger partial charge on any atom is -0.478 e. The third kappa shape index (κ3) is 2.28. The molecule has 3 rings (SSSR count). The van der Waals surface area contributed by atoms with Gasteiger partial charge in [-0.05, 0) is 19.3 Å². The zero-order valence-corrected chi connectivity index (χ0v) is 10.6. The van der Waals surface area contributed by atoms with Crippen LogP contribution in [-0.4, -0.2) is 40.3 Å². The summed E-state index contributed by atoms with van der Waals surface area (Å²) in [5, 5.41) is 12.2. The zero-order chi connectivity index (χ0) is 13.3. The molecule has 2 aliphatic rings. The molecule has 6 heteroatoms. The minimum atomic E-state index is -1.01. The zero-order valence-electron chi connectivity index (χ0n) is 10.6. The van der Waals surface area contributed by atoms with Crippen molar-refractivity contribution in [3.8, 4) is 0 Å². The van der Waals surface area contributed by atoms with Gasteiger partial charge >= 0.3 is 5.97 Å². The average molecular weight is 263 g/mol. The standard InChI is InChI=1S/C13H17N3O3/c17-11(18)9-6-14-12(15-7-9)16-10-2-5-19-8-13(10)3-1-4-13/h6-7,10H,1-5,8H2,(H,17,18)(H,14,15,16). The molecule has 0 bridgehead atoms. The molecule has 0 radical (unpaired) electrons. The average Bonchev–Trinajstić information content (AvgIpc) is 2.38. The molecule has 6 nitrogen and oxygen atoms in total. The van der Waals surface area contributed by atoms with Gasteiger partial charge < -0.3 is 15.2 Å². The summed E-state index contributed by atoms with van der Waals surface area (Å²) in [7, 11) is 0. The maximum absolute atomic E-state index is 10.7. The molecular formula is C13H17N3O3. The van der Waals surface area contributed by atoms with E-state index in [1.54, 1.807) is 0 Å². The number of carboxylic acids is 1. The summed E-state index contributed by atoms with van der Waals surface area (Å²) in [6.07, 6.45) is 7.23. The molecule has 1 saturated heterocycles. The monoisotopic (exact) mass is 263 g/mol. The van der Waals surface area contributed by atoms with Crippen molar-refractivity contribution in [2.75, 3.05) is 18.5 Å². The van der Waals surface area contributed by atoms with Crippen molar-refractivity contribution in [2.45, 2.75) is 31.7 Å². The van der Waals surface area contributed by atoms with Gasteiger partial charge in [0.1, 0.15) is 0 Å². The Morgan fingerprint density at radius 3 is 2.74 bits per heavy atom. The van der Waals surface area contributed by atoms with Gasteiger partial charge in [0.25, 0.3) is 0 Å². The number of nitrogens with one attached hydrogen (secondary N) is 1. The van der Waals surface area contributed by atoms with Crippen LogP contribution in [0.1, 0.15) is 36.0 Å². The third-order valence-electron chi connectivity index (χ3n) is 4.23. The van der Waals surface area contributed by atoms with Crippen molar-refractivity contribution in [1.82, 2.24) is 9.97 Å². The molecule has 1 unspecified atom stereocenters. The summed E-state index contributed by atoms with van der Waals surface area (Å²) in [6, 6.07) is 0.325. The van der Waals surface area contributed by atoms with Crippen molar-refractivity contribution in [1.29, 1.82) is 0 Å². The van der Waals surface area contributed by atoms with E-state index in [1.807, 2.05) is 0 Å². The molecular weight excluding hydrogens is 246 g/mol. The Morgan fingerprint density at radius 2 is 2.16 bits per heavy atom. The summed E-state index contributed by atoms with van der Waals surface area (Å²) < 4.78 is 5.59. The Bertz CT molecular complexity index is 471. The number of ether oxygens (including phenoxy) is 1. The molecule has 2 heterocycles. The third-order valence-corrected chi connectivity index (χ3v) is 4.23. The van der Waals surface area contributed by atoms with Crippen LogP contribution in [0.4, 0.5) is 5.95 Å². The first-order chi connectivity index (χ1) is 9.20. The number of rotatable bonds is 3. The first-order valence-electron chi connectivity index (χ1n) is 6.59. The lowest BCUT2D eigenvalue weighted by molar-refractivity contribution is -0.0619. The van der Waals surface area contributed by atoms with E-state index in [2.05, 4.69) is 15.3 Å². The van der Waals surface area contributed by atoms with Crippen LogP contribution in [0.25, 0.3) is 0 Å². The highest BCUT2D eigenvalue weighted by Crippen LogP contribution is 2.47. The number of carboxylic acid groups (broad SMARTS) is 1. The number of aromatic carboxylic acids is 1. The number of nitrogens with zero attached hydrogens (tertiary/aromatic N) is 2. The fourth-order valence-corrected chi connectivity index (χ4v) is 2.90. The van der Waals surface area contributed by atoms with Crippen molar-refractivity contribution in [2.24, 2.45) is 5.41 Å². The molecule has 1 saturated carbocycles. The predicted octanol–water partition coefficient (Wildman–Crippen LogP) is 1.55.